The number of amides is 2. The van der Waals surface area contributed by atoms with Crippen molar-refractivity contribution in [1.29, 1.82) is 0 Å². The van der Waals surface area contributed by atoms with Gasteiger partial charge in [-0.25, -0.2) is 4.79 Å². The van der Waals surface area contributed by atoms with Gasteiger partial charge in [-0.2, -0.15) is 0 Å². The minimum Gasteiger partial charge on any atom is -0.495 e. The molecule has 2 aromatic carbocycles. The average molecular weight is 371 g/mol. The van der Waals surface area contributed by atoms with E-state index in [0.29, 0.717) is 36.0 Å². The van der Waals surface area contributed by atoms with Crippen molar-refractivity contribution in [3.63, 3.8) is 0 Å². The highest BCUT2D eigenvalue weighted by atomic mass is 16.5. The number of hydrogen-bond donors (Lipinski definition) is 1. The van der Waals surface area contributed by atoms with Crippen LogP contribution >= 0.6 is 0 Å². The minimum absolute atomic E-state index is 0.119. The molecule has 1 N–H and O–H groups in total. The van der Waals surface area contributed by atoms with Crippen molar-refractivity contribution in [2.75, 3.05) is 57.7 Å². The monoisotopic (exact) mass is 371 g/mol. The number of piperazine rings is 1. The molecule has 0 spiro atoms. The highest BCUT2D eigenvalue weighted by Gasteiger charge is 2.22. The summed E-state index contributed by atoms with van der Waals surface area (Å²) < 4.78 is 16.0. The summed E-state index contributed by atoms with van der Waals surface area (Å²) in [6, 6.07) is 13.1. The SMILES string of the molecule is COc1ccccc1NC(=O)N1CCN(c2ccc(OC)c(OC)c2)CC1. The summed E-state index contributed by atoms with van der Waals surface area (Å²) in [5.41, 5.74) is 1.73. The van der Waals surface area contributed by atoms with Crippen LogP contribution in [0.25, 0.3) is 0 Å². The van der Waals surface area contributed by atoms with Crippen LogP contribution in [0.15, 0.2) is 42.5 Å². The number of nitrogens with one attached hydrogen (secondary N) is 1. The molecule has 1 aliphatic heterocycles. The number of methoxy groups -OCH3 is 3. The molecule has 1 aliphatic rings. The fourth-order valence-electron chi connectivity index (χ4n) is 3.13. The van der Waals surface area contributed by atoms with E-state index in [4.69, 9.17) is 14.2 Å². The quantitative estimate of drug-likeness (QED) is 0.875. The van der Waals surface area contributed by atoms with E-state index in [2.05, 4.69) is 10.2 Å². The number of urea groups is 1. The van der Waals surface area contributed by atoms with Gasteiger partial charge in [0.2, 0.25) is 0 Å². The summed E-state index contributed by atoms with van der Waals surface area (Å²) in [5.74, 6) is 2.05. The molecular weight excluding hydrogens is 346 g/mol. The first kappa shape index (κ1) is 18.7. The molecule has 0 radical (unpaired) electrons. The summed E-state index contributed by atoms with van der Waals surface area (Å²) in [4.78, 5) is 16.6. The zero-order valence-electron chi connectivity index (χ0n) is 15.9. The maximum absolute atomic E-state index is 12.6. The second-order valence-electron chi connectivity index (χ2n) is 6.14. The lowest BCUT2D eigenvalue weighted by Gasteiger charge is -2.36. The number of ether oxygens (including phenoxy) is 3. The van der Waals surface area contributed by atoms with Crippen molar-refractivity contribution in [3.8, 4) is 17.2 Å². The van der Waals surface area contributed by atoms with Crippen molar-refractivity contribution in [2.45, 2.75) is 0 Å². The number of rotatable bonds is 5. The van der Waals surface area contributed by atoms with Crippen molar-refractivity contribution in [3.05, 3.63) is 42.5 Å². The number of anilines is 2. The van der Waals surface area contributed by atoms with E-state index >= 15 is 0 Å². The molecule has 2 aromatic rings. The Balaban J connectivity index is 1.61. The molecule has 2 amide bonds. The molecule has 1 fully saturated rings. The Labute approximate surface area is 159 Å². The van der Waals surface area contributed by atoms with Gasteiger partial charge in [0.05, 0.1) is 27.0 Å². The average Bonchev–Trinajstić information content (AvgIpc) is 2.73. The van der Waals surface area contributed by atoms with E-state index in [9.17, 15) is 4.79 Å². The van der Waals surface area contributed by atoms with Gasteiger partial charge in [-0.1, -0.05) is 12.1 Å². The second-order valence-corrected chi connectivity index (χ2v) is 6.14. The lowest BCUT2D eigenvalue weighted by atomic mass is 10.2. The lowest BCUT2D eigenvalue weighted by molar-refractivity contribution is 0.208. The van der Waals surface area contributed by atoms with Gasteiger partial charge < -0.3 is 29.3 Å². The fraction of sp³-hybridized carbons (Fsp3) is 0.350. The molecule has 1 heterocycles. The number of nitrogens with zero attached hydrogens (tertiary/aromatic N) is 2. The molecule has 144 valence electrons. The van der Waals surface area contributed by atoms with Crippen molar-refractivity contribution in [2.24, 2.45) is 0 Å². The molecule has 0 aromatic heterocycles. The Bertz CT molecular complexity index is 789. The predicted octanol–water partition coefficient (Wildman–Crippen LogP) is 3.07. The minimum atomic E-state index is -0.119. The first-order valence-corrected chi connectivity index (χ1v) is 8.82. The van der Waals surface area contributed by atoms with E-state index in [1.165, 1.54) is 0 Å². The van der Waals surface area contributed by atoms with E-state index in [1.807, 2.05) is 47.4 Å². The molecule has 1 saturated heterocycles. The summed E-state index contributed by atoms with van der Waals surface area (Å²) in [7, 11) is 4.84. The topological polar surface area (TPSA) is 63.3 Å². The molecular formula is C20H25N3O4. The Hall–Kier alpha value is -3.09. The third kappa shape index (κ3) is 4.19. The van der Waals surface area contributed by atoms with Gasteiger partial charge in [-0.15, -0.1) is 0 Å². The maximum Gasteiger partial charge on any atom is 0.322 e. The van der Waals surface area contributed by atoms with Gasteiger partial charge in [0, 0.05) is 37.9 Å². The molecule has 3 rings (SSSR count). The zero-order chi connectivity index (χ0) is 19.2. The summed E-state index contributed by atoms with van der Waals surface area (Å²) in [6.45, 7) is 2.76. The smallest absolute Gasteiger partial charge is 0.322 e. The first-order chi connectivity index (χ1) is 13.2. The molecule has 0 aliphatic carbocycles. The van der Waals surface area contributed by atoms with Crippen LogP contribution in [0, 0.1) is 0 Å². The van der Waals surface area contributed by atoms with Crippen LogP contribution in [0.4, 0.5) is 16.2 Å². The molecule has 0 bridgehead atoms. The van der Waals surface area contributed by atoms with E-state index in [-0.39, 0.29) is 6.03 Å². The Morgan fingerprint density at radius 2 is 1.52 bits per heavy atom. The molecule has 0 saturated carbocycles. The number of hydrogen-bond acceptors (Lipinski definition) is 5. The Morgan fingerprint density at radius 3 is 2.19 bits per heavy atom. The van der Waals surface area contributed by atoms with Gasteiger partial charge in [-0.05, 0) is 24.3 Å². The van der Waals surface area contributed by atoms with E-state index in [1.54, 1.807) is 21.3 Å². The standard InChI is InChI=1S/C20H25N3O4/c1-25-17-7-5-4-6-16(17)21-20(24)23-12-10-22(11-13-23)15-8-9-18(26-2)19(14-15)27-3/h4-9,14H,10-13H2,1-3H3,(H,21,24). The number of para-hydroxylation sites is 2. The van der Waals surface area contributed by atoms with E-state index < -0.39 is 0 Å². The number of carbonyl (C=O) groups excluding carboxylic acids is 1. The fourth-order valence-corrected chi connectivity index (χ4v) is 3.13. The highest BCUT2D eigenvalue weighted by molar-refractivity contribution is 5.91. The second kappa shape index (κ2) is 8.53. The molecule has 0 unspecified atom stereocenters. The first-order valence-electron chi connectivity index (χ1n) is 8.82. The van der Waals surface area contributed by atoms with Crippen LogP contribution in [0.3, 0.4) is 0 Å². The molecule has 0 atom stereocenters. The largest absolute Gasteiger partial charge is 0.495 e. The predicted molar refractivity (Wildman–Crippen MR) is 105 cm³/mol. The van der Waals surface area contributed by atoms with Crippen molar-refractivity contribution >= 4 is 17.4 Å². The lowest BCUT2D eigenvalue weighted by Crippen LogP contribution is -2.50. The number of carbonyl (C=O) groups is 1. The summed E-state index contributed by atoms with van der Waals surface area (Å²) in [6.07, 6.45) is 0. The maximum atomic E-state index is 12.6. The zero-order valence-corrected chi connectivity index (χ0v) is 15.9. The van der Waals surface area contributed by atoms with Gasteiger partial charge in [-0.3, -0.25) is 0 Å². The third-order valence-electron chi connectivity index (χ3n) is 4.65. The van der Waals surface area contributed by atoms with Crippen molar-refractivity contribution < 1.29 is 19.0 Å². The summed E-state index contributed by atoms with van der Waals surface area (Å²) in [5, 5.41) is 2.93. The van der Waals surface area contributed by atoms with Crippen LogP contribution in [0.1, 0.15) is 0 Å². The van der Waals surface area contributed by atoms with Gasteiger partial charge in [0.25, 0.3) is 0 Å². The van der Waals surface area contributed by atoms with E-state index in [0.717, 1.165) is 18.8 Å². The Morgan fingerprint density at radius 1 is 0.852 bits per heavy atom. The van der Waals surface area contributed by atoms with Crippen LogP contribution < -0.4 is 24.4 Å². The van der Waals surface area contributed by atoms with Crippen LogP contribution in [0.5, 0.6) is 17.2 Å². The normalized spacial score (nSPS) is 13.9. The van der Waals surface area contributed by atoms with Crippen LogP contribution in [0.2, 0.25) is 0 Å². The third-order valence-corrected chi connectivity index (χ3v) is 4.65. The molecule has 7 nitrogen and oxygen atoms in total. The van der Waals surface area contributed by atoms with Crippen LogP contribution in [-0.4, -0.2) is 58.4 Å². The molecule has 27 heavy (non-hydrogen) atoms. The van der Waals surface area contributed by atoms with Gasteiger partial charge in [0.15, 0.2) is 11.5 Å². The van der Waals surface area contributed by atoms with Gasteiger partial charge in [0.1, 0.15) is 5.75 Å². The Kier molecular flexibility index (Phi) is 5.90. The summed E-state index contributed by atoms with van der Waals surface area (Å²) >= 11 is 0. The van der Waals surface area contributed by atoms with Crippen LogP contribution in [-0.2, 0) is 0 Å². The van der Waals surface area contributed by atoms with Crippen molar-refractivity contribution in [1.82, 2.24) is 4.90 Å². The molecule has 7 heteroatoms. The van der Waals surface area contributed by atoms with Gasteiger partial charge >= 0.3 is 6.03 Å². The number of benzene rings is 2. The highest BCUT2D eigenvalue weighted by Crippen LogP contribution is 2.32.